The second-order valence-corrected chi connectivity index (χ2v) is 10.4. The molecule has 2 aromatic carbocycles. The van der Waals surface area contributed by atoms with E-state index in [1.807, 2.05) is 0 Å². The third-order valence-corrected chi connectivity index (χ3v) is 6.35. The molecule has 0 saturated carbocycles. The van der Waals surface area contributed by atoms with Crippen LogP contribution in [0.4, 0.5) is 9.59 Å². The maximum absolute atomic E-state index is 11.7. The number of nitrogens with zero attached hydrogens (tertiary/aromatic N) is 6. The van der Waals surface area contributed by atoms with Gasteiger partial charge in [0.25, 0.3) is 0 Å². The lowest BCUT2D eigenvalue weighted by Crippen LogP contribution is -2.15. The monoisotopic (exact) mass is 668 g/mol. The maximum atomic E-state index is 11.7. The summed E-state index contributed by atoms with van der Waals surface area (Å²) in [5.74, 6) is -0.267. The Kier molecular flexibility index (Phi) is 13.5. The van der Waals surface area contributed by atoms with Crippen molar-refractivity contribution in [1.29, 1.82) is 0 Å². The molecule has 0 bridgehead atoms. The number of aromatic hydroxyl groups is 1. The second-order valence-electron chi connectivity index (χ2n) is 10.4. The van der Waals surface area contributed by atoms with Crippen LogP contribution in [0.3, 0.4) is 0 Å². The van der Waals surface area contributed by atoms with E-state index in [0.29, 0.717) is 16.9 Å². The highest BCUT2D eigenvalue weighted by Crippen LogP contribution is 2.22. The van der Waals surface area contributed by atoms with E-state index in [2.05, 4.69) is 28.1 Å². The van der Waals surface area contributed by atoms with E-state index in [1.54, 1.807) is 101 Å². The first kappa shape index (κ1) is 36.9. The number of rotatable bonds is 7. The number of phenols is 1. The van der Waals surface area contributed by atoms with Crippen molar-refractivity contribution >= 4 is 24.1 Å². The van der Waals surface area contributed by atoms with Crippen molar-refractivity contribution in [2.75, 3.05) is 0 Å². The number of carbonyl (C=O) groups is 4. The molecule has 2 unspecified atom stereocenters. The molecule has 0 aliphatic heterocycles. The van der Waals surface area contributed by atoms with Crippen molar-refractivity contribution in [3.05, 3.63) is 140 Å². The smallest absolute Gasteiger partial charge is 0.424 e. The minimum absolute atomic E-state index is 0.190. The summed E-state index contributed by atoms with van der Waals surface area (Å²) in [4.78, 5) is 57.1. The predicted molar refractivity (Wildman–Crippen MR) is 177 cm³/mol. The summed E-state index contributed by atoms with van der Waals surface area (Å²) in [5.41, 5.74) is 2.35. The Morgan fingerprint density at radius 1 is 0.653 bits per heavy atom. The van der Waals surface area contributed by atoms with Gasteiger partial charge >= 0.3 is 24.1 Å². The number of benzene rings is 2. The molecule has 0 fully saturated rings. The van der Waals surface area contributed by atoms with Crippen LogP contribution in [-0.2, 0) is 19.1 Å². The Morgan fingerprint density at radius 2 is 1.04 bits per heavy atom. The fourth-order valence-electron chi connectivity index (χ4n) is 3.61. The topological polar surface area (TPSA) is 170 Å². The van der Waals surface area contributed by atoms with Crippen LogP contribution in [0.1, 0.15) is 51.0 Å². The Hall–Kier alpha value is -6.57. The van der Waals surface area contributed by atoms with Crippen LogP contribution in [0.5, 0.6) is 11.5 Å². The van der Waals surface area contributed by atoms with Crippen molar-refractivity contribution in [2.45, 2.75) is 39.9 Å². The Balaban J connectivity index is 0.000000210. The Bertz CT molecular complexity index is 1790. The minimum atomic E-state index is -0.549. The molecule has 14 heteroatoms. The van der Waals surface area contributed by atoms with Gasteiger partial charge in [0.1, 0.15) is 42.7 Å². The zero-order valence-electron chi connectivity index (χ0n) is 27.4. The summed E-state index contributed by atoms with van der Waals surface area (Å²) < 4.78 is 19.5. The van der Waals surface area contributed by atoms with Crippen molar-refractivity contribution < 1.29 is 38.5 Å². The Labute approximate surface area is 282 Å². The molecular weight excluding hydrogens is 632 g/mol. The zero-order valence-corrected chi connectivity index (χ0v) is 27.4. The van der Waals surface area contributed by atoms with E-state index >= 15 is 0 Å². The number of esters is 2. The quantitative estimate of drug-likeness (QED) is 0.153. The average molecular weight is 669 g/mol. The molecule has 2 atom stereocenters. The van der Waals surface area contributed by atoms with Gasteiger partial charge in [-0.05, 0) is 63.1 Å². The van der Waals surface area contributed by atoms with Gasteiger partial charge in [-0.2, -0.15) is 0 Å². The lowest BCUT2D eigenvalue weighted by Gasteiger charge is -2.14. The molecule has 5 aromatic rings. The summed E-state index contributed by atoms with van der Waals surface area (Å²) in [6.45, 7) is 13.8. The number of ether oxygens (including phenoxy) is 3. The van der Waals surface area contributed by atoms with Crippen molar-refractivity contribution in [3.63, 3.8) is 0 Å². The Morgan fingerprint density at radius 3 is 1.41 bits per heavy atom. The van der Waals surface area contributed by atoms with Crippen LogP contribution in [0.15, 0.2) is 129 Å². The number of phenolic OH excluding ortho intramolecular Hbond substituents is 1. The summed E-state index contributed by atoms with van der Waals surface area (Å²) in [7, 11) is 0. The van der Waals surface area contributed by atoms with Gasteiger partial charge in [-0.1, -0.05) is 37.4 Å². The van der Waals surface area contributed by atoms with Gasteiger partial charge in [-0.15, -0.1) is 0 Å². The van der Waals surface area contributed by atoms with Gasteiger partial charge in [-0.25, -0.2) is 38.7 Å². The standard InChI is InChI=1S/C16H16N2O4.C12H14O3.C7H6N4O/c1-11(2)15(19)21-12(3)13-4-6-14(7-5-13)22-16(20)18-9-8-17-10-18;1-8(2)12(14)15-9(3)10-4-6-11(13)7-5-10;12-7(10-3-1-8-5-10)11-4-2-9-6-11/h4-10,12H,1H2,2-3H3;4-7,9,13H,1H2,2-3H3;1-6H. The fourth-order valence-corrected chi connectivity index (χ4v) is 3.61. The molecule has 0 amide bonds. The van der Waals surface area contributed by atoms with Gasteiger partial charge < -0.3 is 19.3 Å². The molecule has 1 N–H and O–H groups in total. The predicted octanol–water partition coefficient (Wildman–Crippen LogP) is 6.28. The minimum Gasteiger partial charge on any atom is -0.508 e. The van der Waals surface area contributed by atoms with Crippen LogP contribution in [0.25, 0.3) is 0 Å². The van der Waals surface area contributed by atoms with Crippen molar-refractivity contribution in [2.24, 2.45) is 0 Å². The lowest BCUT2D eigenvalue weighted by molar-refractivity contribution is -0.144. The van der Waals surface area contributed by atoms with E-state index in [4.69, 9.17) is 19.3 Å². The van der Waals surface area contributed by atoms with Gasteiger partial charge in [0.05, 0.1) is 0 Å². The molecule has 0 aliphatic rings. The molecule has 0 radical (unpaired) electrons. The molecule has 49 heavy (non-hydrogen) atoms. The second kappa shape index (κ2) is 17.9. The summed E-state index contributed by atoms with van der Waals surface area (Å²) in [6.07, 6.45) is 12.2. The lowest BCUT2D eigenvalue weighted by atomic mass is 10.1. The number of imidazole rings is 3. The van der Waals surface area contributed by atoms with Crippen LogP contribution in [-0.4, -0.2) is 57.8 Å². The van der Waals surface area contributed by atoms with Crippen LogP contribution < -0.4 is 4.74 Å². The molecule has 254 valence electrons. The maximum Gasteiger partial charge on any atom is 0.424 e. The van der Waals surface area contributed by atoms with Gasteiger partial charge in [0.2, 0.25) is 0 Å². The number of hydrogen-bond donors (Lipinski definition) is 1. The van der Waals surface area contributed by atoms with E-state index in [-0.39, 0.29) is 17.9 Å². The van der Waals surface area contributed by atoms with Gasteiger partial charge in [0, 0.05) is 48.3 Å². The largest absolute Gasteiger partial charge is 0.508 e. The molecule has 3 aromatic heterocycles. The molecule has 14 nitrogen and oxygen atoms in total. The molecule has 5 rings (SSSR count). The van der Waals surface area contributed by atoms with E-state index in [0.717, 1.165) is 11.1 Å². The number of aromatic nitrogens is 6. The van der Waals surface area contributed by atoms with Crippen molar-refractivity contribution in [1.82, 2.24) is 28.7 Å². The van der Waals surface area contributed by atoms with Crippen LogP contribution in [0.2, 0.25) is 0 Å². The first-order valence-electron chi connectivity index (χ1n) is 14.7. The highest BCUT2D eigenvalue weighted by Gasteiger charge is 2.14. The van der Waals surface area contributed by atoms with Gasteiger partial charge in [-0.3, -0.25) is 9.13 Å². The first-order chi connectivity index (χ1) is 23.3. The normalized spacial score (nSPS) is 11.3. The third-order valence-electron chi connectivity index (χ3n) is 6.35. The highest BCUT2D eigenvalue weighted by molar-refractivity contribution is 5.87. The molecular formula is C35H36N6O8. The SMILES string of the molecule is C=C(C)C(=O)OC(C)c1ccc(O)cc1.C=C(C)C(=O)OC(C)c1ccc(OC(=O)n2ccnc2)cc1.O=C(n1ccnc1)n1ccnc1. The molecule has 0 spiro atoms. The van der Waals surface area contributed by atoms with E-state index < -0.39 is 24.1 Å². The number of hydrogen-bond acceptors (Lipinski definition) is 11. The van der Waals surface area contributed by atoms with Crippen LogP contribution in [0, 0.1) is 0 Å². The fraction of sp³-hybridized carbons (Fsp3) is 0.171. The summed E-state index contributed by atoms with van der Waals surface area (Å²) >= 11 is 0. The molecule has 0 aliphatic carbocycles. The van der Waals surface area contributed by atoms with Gasteiger partial charge in [0.15, 0.2) is 0 Å². The van der Waals surface area contributed by atoms with E-state index in [1.165, 1.54) is 45.1 Å². The summed E-state index contributed by atoms with van der Waals surface area (Å²) in [6, 6.07) is 13.1. The molecule has 3 heterocycles. The van der Waals surface area contributed by atoms with E-state index in [9.17, 15) is 19.2 Å². The average Bonchev–Trinajstić information content (AvgIpc) is 3.90. The van der Waals surface area contributed by atoms with Crippen LogP contribution >= 0.6 is 0 Å². The van der Waals surface area contributed by atoms with Crippen molar-refractivity contribution in [3.8, 4) is 11.5 Å². The summed E-state index contributed by atoms with van der Waals surface area (Å²) in [5, 5.41) is 9.09. The zero-order chi connectivity index (χ0) is 35.9. The number of carbonyl (C=O) groups excluding carboxylic acids is 4. The highest BCUT2D eigenvalue weighted by atomic mass is 16.6. The third kappa shape index (κ3) is 11.6. The molecule has 0 saturated heterocycles. The first-order valence-corrected chi connectivity index (χ1v) is 14.7.